The van der Waals surface area contributed by atoms with E-state index < -0.39 is 0 Å². The first-order valence-electron chi connectivity index (χ1n) is 7.38. The molecule has 0 saturated heterocycles. The molecular formula is C16H24ClN3O. The summed E-state index contributed by atoms with van der Waals surface area (Å²) < 4.78 is 5.08. The summed E-state index contributed by atoms with van der Waals surface area (Å²) in [5.74, 6) is 0.470. The summed E-state index contributed by atoms with van der Waals surface area (Å²) in [4.78, 5) is 4.53. The lowest BCUT2D eigenvalue weighted by atomic mass is 9.64. The van der Waals surface area contributed by atoms with Gasteiger partial charge in [0.25, 0.3) is 0 Å². The average Bonchev–Trinajstić information content (AvgIpc) is 2.39. The Kier molecular flexibility index (Phi) is 5.48. The van der Waals surface area contributed by atoms with Crippen LogP contribution in [0.5, 0.6) is 0 Å². The molecule has 1 aliphatic carbocycles. The molecule has 1 aromatic carbocycles. The molecule has 1 aliphatic rings. The minimum atomic E-state index is 0.0507. The van der Waals surface area contributed by atoms with Crippen molar-refractivity contribution in [2.24, 2.45) is 10.7 Å². The minimum absolute atomic E-state index is 0.0507. The van der Waals surface area contributed by atoms with Gasteiger partial charge in [0.05, 0.1) is 13.2 Å². The van der Waals surface area contributed by atoms with Gasteiger partial charge in [0.1, 0.15) is 0 Å². The number of ether oxygens (including phenoxy) is 1. The second-order valence-electron chi connectivity index (χ2n) is 5.82. The van der Waals surface area contributed by atoms with E-state index in [0.29, 0.717) is 19.1 Å². The summed E-state index contributed by atoms with van der Waals surface area (Å²) >= 11 is 6.35. The molecule has 0 radical (unpaired) electrons. The molecule has 0 bridgehead atoms. The molecule has 4 nitrogen and oxygen atoms in total. The molecule has 1 aromatic rings. The summed E-state index contributed by atoms with van der Waals surface area (Å²) in [6.45, 7) is 3.29. The molecule has 3 N–H and O–H groups in total. The molecule has 1 saturated carbocycles. The number of rotatable bonds is 6. The summed E-state index contributed by atoms with van der Waals surface area (Å²) in [5.41, 5.74) is 7.20. The number of halogens is 1. The van der Waals surface area contributed by atoms with Gasteiger partial charge < -0.3 is 15.8 Å². The fourth-order valence-corrected chi connectivity index (χ4v) is 3.17. The zero-order valence-electron chi connectivity index (χ0n) is 12.7. The van der Waals surface area contributed by atoms with E-state index in [0.717, 1.165) is 17.9 Å². The lowest BCUT2D eigenvalue weighted by Crippen LogP contribution is -2.43. The fraction of sp³-hybridized carbons (Fsp3) is 0.562. The van der Waals surface area contributed by atoms with Gasteiger partial charge in [-0.15, -0.1) is 0 Å². The van der Waals surface area contributed by atoms with Crippen LogP contribution in [-0.2, 0) is 10.2 Å². The van der Waals surface area contributed by atoms with Gasteiger partial charge in [-0.25, -0.2) is 0 Å². The largest absolute Gasteiger partial charge is 0.383 e. The molecule has 116 valence electrons. The second-order valence-corrected chi connectivity index (χ2v) is 6.22. The highest BCUT2D eigenvalue weighted by atomic mass is 35.5. The first kappa shape index (κ1) is 16.1. The number of guanidine groups is 1. The summed E-state index contributed by atoms with van der Waals surface area (Å²) in [6, 6.07) is 8.20. The van der Waals surface area contributed by atoms with Gasteiger partial charge in [-0.05, 0) is 31.4 Å². The monoisotopic (exact) mass is 309 g/mol. The van der Waals surface area contributed by atoms with Crippen LogP contribution in [0.15, 0.2) is 29.3 Å². The number of nitrogens with one attached hydrogen (secondary N) is 1. The number of nitrogens with zero attached hydrogens (tertiary/aromatic N) is 1. The maximum Gasteiger partial charge on any atom is 0.188 e. The van der Waals surface area contributed by atoms with Crippen molar-refractivity contribution in [1.29, 1.82) is 0 Å². The molecule has 1 unspecified atom stereocenters. The third-order valence-electron chi connectivity index (χ3n) is 4.12. The van der Waals surface area contributed by atoms with Crippen LogP contribution in [0.4, 0.5) is 0 Å². The quantitative estimate of drug-likeness (QED) is 0.627. The van der Waals surface area contributed by atoms with Crippen LogP contribution in [0.2, 0.25) is 5.02 Å². The molecule has 0 aliphatic heterocycles. The smallest absolute Gasteiger partial charge is 0.188 e. The minimum Gasteiger partial charge on any atom is -0.383 e. The summed E-state index contributed by atoms with van der Waals surface area (Å²) in [5, 5.41) is 3.96. The molecule has 0 aromatic heterocycles. The van der Waals surface area contributed by atoms with Crippen molar-refractivity contribution in [2.45, 2.75) is 37.6 Å². The Hall–Kier alpha value is -1.26. The van der Waals surface area contributed by atoms with Crippen molar-refractivity contribution in [2.75, 3.05) is 20.3 Å². The SMILES string of the molecule is COCC(C)NC(N)=NCC1(c2ccccc2Cl)CCC1. The third kappa shape index (κ3) is 3.89. The van der Waals surface area contributed by atoms with E-state index in [2.05, 4.69) is 16.4 Å². The predicted octanol–water partition coefficient (Wildman–Crippen LogP) is 2.70. The van der Waals surface area contributed by atoms with E-state index in [1.807, 2.05) is 25.1 Å². The van der Waals surface area contributed by atoms with Crippen molar-refractivity contribution in [3.63, 3.8) is 0 Å². The zero-order chi connectivity index (χ0) is 15.3. The van der Waals surface area contributed by atoms with Gasteiger partial charge >= 0.3 is 0 Å². The Morgan fingerprint density at radius 3 is 2.76 bits per heavy atom. The Balaban J connectivity index is 2.04. The highest BCUT2D eigenvalue weighted by molar-refractivity contribution is 6.31. The molecule has 1 atom stereocenters. The van der Waals surface area contributed by atoms with Crippen molar-refractivity contribution < 1.29 is 4.74 Å². The molecular weight excluding hydrogens is 286 g/mol. The predicted molar refractivity (Wildman–Crippen MR) is 87.9 cm³/mol. The van der Waals surface area contributed by atoms with Gasteiger partial charge in [-0.1, -0.05) is 36.2 Å². The average molecular weight is 310 g/mol. The number of aliphatic imine (C=N–C) groups is 1. The van der Waals surface area contributed by atoms with E-state index in [9.17, 15) is 0 Å². The van der Waals surface area contributed by atoms with Crippen LogP contribution < -0.4 is 11.1 Å². The number of benzene rings is 1. The first-order valence-corrected chi connectivity index (χ1v) is 7.75. The fourth-order valence-electron chi connectivity index (χ4n) is 2.83. The van der Waals surface area contributed by atoms with Gasteiger partial charge in [0, 0.05) is 23.6 Å². The van der Waals surface area contributed by atoms with Crippen molar-refractivity contribution in [3.8, 4) is 0 Å². The zero-order valence-corrected chi connectivity index (χ0v) is 13.5. The Labute approximate surface area is 131 Å². The Bertz CT molecular complexity index is 500. The molecule has 21 heavy (non-hydrogen) atoms. The summed E-state index contributed by atoms with van der Waals surface area (Å²) in [6.07, 6.45) is 3.44. The van der Waals surface area contributed by atoms with Crippen molar-refractivity contribution in [1.82, 2.24) is 5.32 Å². The number of nitrogens with two attached hydrogens (primary N) is 1. The van der Waals surface area contributed by atoms with E-state index in [1.54, 1.807) is 7.11 Å². The highest BCUT2D eigenvalue weighted by Gasteiger charge is 2.39. The highest BCUT2D eigenvalue weighted by Crippen LogP contribution is 2.46. The number of methoxy groups -OCH3 is 1. The van der Waals surface area contributed by atoms with E-state index >= 15 is 0 Å². The maximum atomic E-state index is 6.35. The van der Waals surface area contributed by atoms with Crippen LogP contribution in [0.3, 0.4) is 0 Å². The van der Waals surface area contributed by atoms with Crippen LogP contribution in [0.1, 0.15) is 31.7 Å². The van der Waals surface area contributed by atoms with Gasteiger partial charge in [0.15, 0.2) is 5.96 Å². The molecule has 0 spiro atoms. The summed E-state index contributed by atoms with van der Waals surface area (Å²) in [7, 11) is 1.67. The lowest BCUT2D eigenvalue weighted by molar-refractivity contribution is 0.179. The van der Waals surface area contributed by atoms with Gasteiger partial charge in [-0.3, -0.25) is 4.99 Å². The van der Waals surface area contributed by atoms with Crippen LogP contribution in [0, 0.1) is 0 Å². The van der Waals surface area contributed by atoms with E-state index in [-0.39, 0.29) is 11.5 Å². The van der Waals surface area contributed by atoms with Crippen LogP contribution >= 0.6 is 11.6 Å². The molecule has 2 rings (SSSR count). The van der Waals surface area contributed by atoms with E-state index in [4.69, 9.17) is 22.1 Å². The van der Waals surface area contributed by atoms with Gasteiger partial charge in [0.2, 0.25) is 0 Å². The van der Waals surface area contributed by atoms with Crippen LogP contribution in [0.25, 0.3) is 0 Å². The standard InChI is InChI=1S/C16H24ClN3O/c1-12(10-21-2)20-15(18)19-11-16(8-5-9-16)13-6-3-4-7-14(13)17/h3-4,6-7,12H,5,8-11H2,1-2H3,(H3,18,19,20). The first-order chi connectivity index (χ1) is 10.1. The molecule has 1 fully saturated rings. The van der Waals surface area contributed by atoms with Crippen molar-refractivity contribution in [3.05, 3.63) is 34.9 Å². The number of hydrogen-bond acceptors (Lipinski definition) is 2. The Morgan fingerprint density at radius 2 is 2.19 bits per heavy atom. The van der Waals surface area contributed by atoms with Crippen LogP contribution in [-0.4, -0.2) is 32.3 Å². The third-order valence-corrected chi connectivity index (χ3v) is 4.45. The Morgan fingerprint density at radius 1 is 1.48 bits per heavy atom. The maximum absolute atomic E-state index is 6.35. The van der Waals surface area contributed by atoms with Gasteiger partial charge in [-0.2, -0.15) is 0 Å². The second kappa shape index (κ2) is 7.14. The molecule has 5 heteroatoms. The molecule has 0 amide bonds. The van der Waals surface area contributed by atoms with E-state index in [1.165, 1.54) is 12.0 Å². The topological polar surface area (TPSA) is 59.6 Å². The molecule has 0 heterocycles. The van der Waals surface area contributed by atoms with Crippen molar-refractivity contribution >= 4 is 17.6 Å². The lowest BCUT2D eigenvalue weighted by Gasteiger charge is -2.41. The number of hydrogen-bond donors (Lipinski definition) is 2. The normalized spacial score (nSPS) is 18.9.